The second kappa shape index (κ2) is 4.31. The molecule has 0 saturated carbocycles. The summed E-state index contributed by atoms with van der Waals surface area (Å²) in [7, 11) is 0. The second-order valence-corrected chi connectivity index (χ2v) is 3.45. The molecular weight excluding hydrogens is 203 g/mol. The van der Waals surface area contributed by atoms with Gasteiger partial charge in [-0.05, 0) is 17.0 Å². The molecule has 1 atom stereocenters. The maximum Gasteiger partial charge on any atom is 0.131 e. The Morgan fingerprint density at radius 2 is 1.88 bits per heavy atom. The lowest BCUT2D eigenvalue weighted by molar-refractivity contribution is 0.636. The van der Waals surface area contributed by atoms with E-state index in [-0.39, 0.29) is 5.82 Å². The van der Waals surface area contributed by atoms with E-state index in [1.165, 1.54) is 6.07 Å². The van der Waals surface area contributed by atoms with E-state index < -0.39 is 6.04 Å². The Bertz CT molecular complexity index is 557. The maximum atomic E-state index is 13.5. The van der Waals surface area contributed by atoms with E-state index in [9.17, 15) is 4.39 Å². The molecule has 0 amide bonds. The van der Waals surface area contributed by atoms with Gasteiger partial charge in [0.2, 0.25) is 0 Å². The number of fused-ring (bicyclic) bond motifs is 1. The minimum absolute atomic E-state index is 0.257. The topological polar surface area (TPSA) is 38.0 Å². The zero-order chi connectivity index (χ0) is 11.5. The van der Waals surface area contributed by atoms with Crippen molar-refractivity contribution in [3.63, 3.8) is 0 Å². The van der Waals surface area contributed by atoms with Crippen LogP contribution in [-0.2, 0) is 0 Å². The molecule has 0 aliphatic heterocycles. The number of hydrogen-bond acceptors (Lipinski definition) is 2. The van der Waals surface area contributed by atoms with Crippen LogP contribution in [0, 0.1) is 18.2 Å². The summed E-state index contributed by atoms with van der Waals surface area (Å²) in [6.45, 7) is 0. The Morgan fingerprint density at radius 1 is 1.19 bits per heavy atom. The van der Waals surface area contributed by atoms with Crippen LogP contribution < -0.4 is 11.3 Å². The molecule has 0 fully saturated rings. The molecule has 0 aliphatic rings. The Labute approximate surface area is 93.2 Å². The van der Waals surface area contributed by atoms with Gasteiger partial charge in [0.1, 0.15) is 11.9 Å². The molecule has 3 heteroatoms. The Morgan fingerprint density at radius 3 is 2.50 bits per heavy atom. The fraction of sp³-hybridized carbons (Fsp3) is 0.0769. The van der Waals surface area contributed by atoms with Gasteiger partial charge < -0.3 is 0 Å². The van der Waals surface area contributed by atoms with Crippen molar-refractivity contribution in [3.05, 3.63) is 47.8 Å². The first kappa shape index (κ1) is 10.6. The number of rotatable bonds is 2. The molecule has 3 N–H and O–H groups in total. The minimum atomic E-state index is -0.412. The van der Waals surface area contributed by atoms with E-state index in [1.807, 2.05) is 12.1 Å². The Kier molecular flexibility index (Phi) is 2.86. The number of benzene rings is 2. The van der Waals surface area contributed by atoms with Crippen molar-refractivity contribution in [2.45, 2.75) is 6.04 Å². The average molecular weight is 214 g/mol. The third-order valence-electron chi connectivity index (χ3n) is 2.55. The van der Waals surface area contributed by atoms with Crippen LogP contribution in [0.15, 0.2) is 36.4 Å². The van der Waals surface area contributed by atoms with E-state index in [1.54, 1.807) is 18.2 Å². The van der Waals surface area contributed by atoms with Gasteiger partial charge in [-0.2, -0.15) is 0 Å². The molecule has 0 aliphatic carbocycles. The summed E-state index contributed by atoms with van der Waals surface area (Å²) >= 11 is 0. The molecule has 16 heavy (non-hydrogen) atoms. The van der Waals surface area contributed by atoms with Crippen LogP contribution in [0.25, 0.3) is 10.8 Å². The zero-order valence-corrected chi connectivity index (χ0v) is 8.57. The average Bonchev–Trinajstić information content (AvgIpc) is 2.34. The second-order valence-electron chi connectivity index (χ2n) is 3.45. The standard InChI is InChI=1S/C13H11FN2/c1-2-13(16-15)11-7-8-12(14)10-6-4-3-5-9(10)11/h1,3-8,13,16H,15H2. The van der Waals surface area contributed by atoms with Crippen molar-refractivity contribution < 1.29 is 4.39 Å². The van der Waals surface area contributed by atoms with Gasteiger partial charge in [-0.1, -0.05) is 36.3 Å². The summed E-state index contributed by atoms with van der Waals surface area (Å²) in [6.07, 6.45) is 5.36. The lowest BCUT2D eigenvalue weighted by Crippen LogP contribution is -2.26. The lowest BCUT2D eigenvalue weighted by atomic mass is 9.99. The van der Waals surface area contributed by atoms with Crippen LogP contribution in [-0.4, -0.2) is 0 Å². The van der Waals surface area contributed by atoms with E-state index in [4.69, 9.17) is 12.3 Å². The molecule has 1 unspecified atom stereocenters. The first-order valence-electron chi connectivity index (χ1n) is 4.87. The van der Waals surface area contributed by atoms with E-state index in [0.717, 1.165) is 10.9 Å². The third-order valence-corrected chi connectivity index (χ3v) is 2.55. The quantitative estimate of drug-likeness (QED) is 0.456. The van der Waals surface area contributed by atoms with E-state index >= 15 is 0 Å². The number of terminal acetylenes is 1. The maximum absolute atomic E-state index is 13.5. The fourth-order valence-electron chi connectivity index (χ4n) is 1.77. The number of halogens is 1. The Hall–Kier alpha value is -1.89. The molecular formula is C13H11FN2. The van der Waals surface area contributed by atoms with Crippen LogP contribution >= 0.6 is 0 Å². The minimum Gasteiger partial charge on any atom is -0.270 e. The van der Waals surface area contributed by atoms with Gasteiger partial charge in [0.05, 0.1) is 0 Å². The van der Waals surface area contributed by atoms with E-state index in [2.05, 4.69) is 11.3 Å². The van der Waals surface area contributed by atoms with Crippen molar-refractivity contribution in [2.75, 3.05) is 0 Å². The molecule has 0 spiro atoms. The zero-order valence-electron chi connectivity index (χ0n) is 8.57. The molecule has 0 bridgehead atoms. The van der Waals surface area contributed by atoms with Gasteiger partial charge in [-0.25, -0.2) is 9.82 Å². The highest BCUT2D eigenvalue weighted by molar-refractivity contribution is 5.87. The van der Waals surface area contributed by atoms with Crippen molar-refractivity contribution in [1.29, 1.82) is 0 Å². The first-order chi connectivity index (χ1) is 7.77. The summed E-state index contributed by atoms with van der Waals surface area (Å²) in [4.78, 5) is 0. The molecule has 0 radical (unpaired) electrons. The van der Waals surface area contributed by atoms with Crippen LogP contribution in [0.4, 0.5) is 4.39 Å². The highest BCUT2D eigenvalue weighted by Gasteiger charge is 2.11. The van der Waals surface area contributed by atoms with E-state index in [0.29, 0.717) is 5.39 Å². The Balaban J connectivity index is 2.73. The SMILES string of the molecule is C#CC(NN)c1ccc(F)c2ccccc12. The lowest BCUT2D eigenvalue weighted by Gasteiger charge is -2.13. The summed E-state index contributed by atoms with van der Waals surface area (Å²) in [6, 6.07) is 9.82. The summed E-state index contributed by atoms with van der Waals surface area (Å²) in [5, 5.41) is 1.33. The molecule has 2 nitrogen and oxygen atoms in total. The number of nitrogens with one attached hydrogen (secondary N) is 1. The molecule has 0 aromatic heterocycles. The smallest absolute Gasteiger partial charge is 0.131 e. The molecule has 2 aromatic carbocycles. The van der Waals surface area contributed by atoms with Gasteiger partial charge in [0.15, 0.2) is 0 Å². The van der Waals surface area contributed by atoms with Crippen LogP contribution in [0.5, 0.6) is 0 Å². The van der Waals surface area contributed by atoms with Crippen molar-refractivity contribution in [1.82, 2.24) is 5.43 Å². The first-order valence-corrected chi connectivity index (χ1v) is 4.87. The molecule has 0 heterocycles. The largest absolute Gasteiger partial charge is 0.270 e. The number of nitrogens with two attached hydrogens (primary N) is 1. The van der Waals surface area contributed by atoms with Crippen LogP contribution in [0.1, 0.15) is 11.6 Å². The summed E-state index contributed by atoms with van der Waals surface area (Å²) in [5.74, 6) is 7.62. The third kappa shape index (κ3) is 1.65. The van der Waals surface area contributed by atoms with Gasteiger partial charge >= 0.3 is 0 Å². The summed E-state index contributed by atoms with van der Waals surface area (Å²) < 4.78 is 13.5. The highest BCUT2D eigenvalue weighted by atomic mass is 19.1. The molecule has 2 aromatic rings. The van der Waals surface area contributed by atoms with Gasteiger partial charge in [0.25, 0.3) is 0 Å². The van der Waals surface area contributed by atoms with Crippen molar-refractivity contribution in [2.24, 2.45) is 5.84 Å². The predicted molar refractivity (Wildman–Crippen MR) is 62.8 cm³/mol. The predicted octanol–water partition coefficient (Wildman–Crippen LogP) is 2.12. The summed E-state index contributed by atoms with van der Waals surface area (Å²) in [5.41, 5.74) is 3.33. The molecule has 0 saturated heterocycles. The number of hydrazine groups is 1. The number of hydrogen-bond donors (Lipinski definition) is 2. The highest BCUT2D eigenvalue weighted by Crippen LogP contribution is 2.25. The molecule has 80 valence electrons. The van der Waals surface area contributed by atoms with Crippen LogP contribution in [0.2, 0.25) is 0 Å². The fourth-order valence-corrected chi connectivity index (χ4v) is 1.77. The van der Waals surface area contributed by atoms with Gasteiger partial charge in [-0.15, -0.1) is 6.42 Å². The normalized spacial score (nSPS) is 12.3. The van der Waals surface area contributed by atoms with Gasteiger partial charge in [0, 0.05) is 5.39 Å². The van der Waals surface area contributed by atoms with Gasteiger partial charge in [-0.3, -0.25) is 5.84 Å². The van der Waals surface area contributed by atoms with Crippen LogP contribution in [0.3, 0.4) is 0 Å². The molecule has 2 rings (SSSR count). The monoisotopic (exact) mass is 214 g/mol. The van der Waals surface area contributed by atoms with Crippen molar-refractivity contribution >= 4 is 10.8 Å². The van der Waals surface area contributed by atoms with Crippen molar-refractivity contribution in [3.8, 4) is 12.3 Å².